The van der Waals surface area contributed by atoms with Gasteiger partial charge in [0.2, 0.25) is 6.29 Å². The van der Waals surface area contributed by atoms with E-state index in [9.17, 15) is 14.9 Å². The Bertz CT molecular complexity index is 575. The molecule has 0 aromatic heterocycles. The Morgan fingerprint density at radius 3 is 2.46 bits per heavy atom. The molecule has 1 fully saturated rings. The Balaban J connectivity index is 1.91. The SMILES string of the molecule is CO[C@H]1[C@H](C)O[C@@H](OC(=O)Oc2ccc([N+](=O)[O-])cc2)C[C@@H]1OC. The van der Waals surface area contributed by atoms with Crippen molar-refractivity contribution >= 4 is 11.8 Å². The summed E-state index contributed by atoms with van der Waals surface area (Å²) in [5, 5.41) is 10.6. The van der Waals surface area contributed by atoms with Crippen LogP contribution >= 0.6 is 0 Å². The van der Waals surface area contributed by atoms with Gasteiger partial charge in [-0.1, -0.05) is 0 Å². The van der Waals surface area contributed by atoms with Crippen LogP contribution in [0, 0.1) is 10.1 Å². The molecular weight excluding hydrogens is 322 g/mol. The standard InChI is InChI=1S/C15H19NO8/c1-9-14(21-3)12(20-2)8-13(22-9)24-15(17)23-11-6-4-10(5-7-11)16(18)19/h4-7,9,12-14H,8H2,1-3H3/t9-,12-,13-,14-/m0/s1. The molecule has 9 nitrogen and oxygen atoms in total. The molecule has 1 aromatic rings. The second-order valence-electron chi connectivity index (χ2n) is 5.20. The molecule has 0 bridgehead atoms. The summed E-state index contributed by atoms with van der Waals surface area (Å²) in [6.45, 7) is 1.79. The highest BCUT2D eigenvalue weighted by molar-refractivity contribution is 5.64. The molecule has 9 heteroatoms. The number of benzene rings is 1. The summed E-state index contributed by atoms with van der Waals surface area (Å²) in [6, 6.07) is 5.07. The van der Waals surface area contributed by atoms with Crippen molar-refractivity contribution in [3.05, 3.63) is 34.4 Å². The lowest BCUT2D eigenvalue weighted by Gasteiger charge is -2.38. The number of hydrogen-bond acceptors (Lipinski definition) is 8. The van der Waals surface area contributed by atoms with Crippen molar-refractivity contribution in [2.75, 3.05) is 14.2 Å². The van der Waals surface area contributed by atoms with Crippen molar-refractivity contribution in [1.29, 1.82) is 0 Å². The molecule has 0 amide bonds. The number of non-ortho nitro benzene ring substituents is 1. The quantitative estimate of drug-likeness (QED) is 0.347. The number of hydrogen-bond donors (Lipinski definition) is 0. The molecule has 0 unspecified atom stereocenters. The number of carbonyl (C=O) groups is 1. The lowest BCUT2D eigenvalue weighted by atomic mass is 10.0. The summed E-state index contributed by atoms with van der Waals surface area (Å²) in [6.07, 6.45) is -2.37. The highest BCUT2D eigenvalue weighted by atomic mass is 16.8. The maximum Gasteiger partial charge on any atom is 0.516 e. The van der Waals surface area contributed by atoms with Crippen LogP contribution in [0.2, 0.25) is 0 Å². The average Bonchev–Trinajstić information content (AvgIpc) is 2.54. The van der Waals surface area contributed by atoms with E-state index in [1.165, 1.54) is 24.3 Å². The molecule has 0 spiro atoms. The Morgan fingerprint density at radius 1 is 1.25 bits per heavy atom. The minimum absolute atomic E-state index is 0.103. The third-order valence-corrected chi connectivity index (χ3v) is 3.67. The predicted molar refractivity (Wildman–Crippen MR) is 80.8 cm³/mol. The van der Waals surface area contributed by atoms with Crippen molar-refractivity contribution in [2.24, 2.45) is 0 Å². The van der Waals surface area contributed by atoms with E-state index in [1.54, 1.807) is 21.1 Å². The van der Waals surface area contributed by atoms with Crippen LogP contribution in [0.4, 0.5) is 10.5 Å². The van der Waals surface area contributed by atoms with Crippen LogP contribution in [0.1, 0.15) is 13.3 Å². The number of nitrogens with zero attached hydrogens (tertiary/aromatic N) is 1. The molecule has 0 saturated carbocycles. The normalized spacial score (nSPS) is 26.6. The highest BCUT2D eigenvalue weighted by Crippen LogP contribution is 2.25. The fourth-order valence-corrected chi connectivity index (χ4v) is 2.51. The first-order valence-electron chi connectivity index (χ1n) is 7.28. The van der Waals surface area contributed by atoms with Gasteiger partial charge >= 0.3 is 6.16 Å². The summed E-state index contributed by atoms with van der Waals surface area (Å²) in [5.41, 5.74) is -0.103. The molecule has 2 rings (SSSR count). The highest BCUT2D eigenvalue weighted by Gasteiger charge is 2.38. The largest absolute Gasteiger partial charge is 0.516 e. The summed E-state index contributed by atoms with van der Waals surface area (Å²) in [7, 11) is 3.10. The number of ether oxygens (including phenoxy) is 5. The minimum atomic E-state index is -0.966. The van der Waals surface area contributed by atoms with E-state index in [0.29, 0.717) is 6.42 Å². The number of carbonyl (C=O) groups excluding carboxylic acids is 1. The maximum absolute atomic E-state index is 11.8. The van der Waals surface area contributed by atoms with E-state index < -0.39 is 17.4 Å². The van der Waals surface area contributed by atoms with Crippen LogP contribution in [0.3, 0.4) is 0 Å². The first kappa shape index (κ1) is 18.1. The van der Waals surface area contributed by atoms with Crippen molar-refractivity contribution in [2.45, 2.75) is 37.9 Å². The zero-order valence-corrected chi connectivity index (χ0v) is 13.5. The molecule has 1 aromatic carbocycles. The first-order valence-corrected chi connectivity index (χ1v) is 7.28. The van der Waals surface area contributed by atoms with Crippen LogP contribution in [0.25, 0.3) is 0 Å². The van der Waals surface area contributed by atoms with E-state index in [4.69, 9.17) is 23.7 Å². The zero-order valence-electron chi connectivity index (χ0n) is 13.5. The summed E-state index contributed by atoms with van der Waals surface area (Å²) < 4.78 is 26.3. The van der Waals surface area contributed by atoms with Gasteiger partial charge in [0.1, 0.15) is 11.9 Å². The van der Waals surface area contributed by atoms with E-state index in [2.05, 4.69) is 0 Å². The van der Waals surface area contributed by atoms with Crippen molar-refractivity contribution in [1.82, 2.24) is 0 Å². The Hall–Kier alpha value is -2.23. The lowest BCUT2D eigenvalue weighted by Crippen LogP contribution is -2.50. The van der Waals surface area contributed by atoms with Crippen molar-refractivity contribution in [3.63, 3.8) is 0 Å². The Kier molecular flexibility index (Phi) is 6.07. The fourth-order valence-electron chi connectivity index (χ4n) is 2.51. The second-order valence-corrected chi connectivity index (χ2v) is 5.20. The molecule has 132 valence electrons. The van der Waals surface area contributed by atoms with E-state index in [-0.39, 0.29) is 29.7 Å². The van der Waals surface area contributed by atoms with Gasteiger partial charge < -0.3 is 23.7 Å². The van der Waals surface area contributed by atoms with Crippen molar-refractivity contribution < 1.29 is 33.4 Å². The van der Waals surface area contributed by atoms with Crippen LogP contribution in [-0.2, 0) is 18.9 Å². The topological polar surface area (TPSA) is 106 Å². The molecule has 1 heterocycles. The molecule has 0 aliphatic carbocycles. The van der Waals surface area contributed by atoms with Crippen LogP contribution in [0.5, 0.6) is 5.75 Å². The number of methoxy groups -OCH3 is 2. The lowest BCUT2D eigenvalue weighted by molar-refractivity contribution is -0.384. The third kappa shape index (κ3) is 4.40. The number of rotatable bonds is 5. The fraction of sp³-hybridized carbons (Fsp3) is 0.533. The maximum atomic E-state index is 11.8. The Morgan fingerprint density at radius 2 is 1.92 bits per heavy atom. The van der Waals surface area contributed by atoms with Gasteiger partial charge in [0.05, 0.1) is 17.1 Å². The number of nitro groups is 1. The van der Waals surface area contributed by atoms with Gasteiger partial charge in [-0.2, -0.15) is 0 Å². The predicted octanol–water partition coefficient (Wildman–Crippen LogP) is 2.28. The molecular formula is C15H19NO8. The first-order chi connectivity index (χ1) is 11.4. The van der Waals surface area contributed by atoms with Gasteiger partial charge in [0.15, 0.2) is 0 Å². The molecule has 0 radical (unpaired) electrons. The van der Waals surface area contributed by atoms with Crippen molar-refractivity contribution in [3.8, 4) is 5.75 Å². The molecule has 4 atom stereocenters. The molecule has 1 aliphatic heterocycles. The smallest absolute Gasteiger partial charge is 0.404 e. The summed E-state index contributed by atoms with van der Waals surface area (Å²) in [4.78, 5) is 21.8. The Labute approximate surface area is 138 Å². The molecule has 1 saturated heterocycles. The van der Waals surface area contributed by atoms with E-state index >= 15 is 0 Å². The third-order valence-electron chi connectivity index (χ3n) is 3.67. The summed E-state index contributed by atoms with van der Waals surface area (Å²) in [5.74, 6) is 0.132. The molecule has 0 N–H and O–H groups in total. The zero-order chi connectivity index (χ0) is 17.7. The van der Waals surface area contributed by atoms with Crippen LogP contribution in [0.15, 0.2) is 24.3 Å². The molecule has 24 heavy (non-hydrogen) atoms. The van der Waals surface area contributed by atoms with Crippen LogP contribution in [-0.4, -0.2) is 49.9 Å². The van der Waals surface area contributed by atoms with Gasteiger partial charge in [-0.15, -0.1) is 0 Å². The van der Waals surface area contributed by atoms with Gasteiger partial charge in [-0.05, 0) is 19.1 Å². The average molecular weight is 341 g/mol. The monoisotopic (exact) mass is 341 g/mol. The van der Waals surface area contributed by atoms with E-state index in [1.807, 2.05) is 0 Å². The number of nitro benzene ring substituents is 1. The van der Waals surface area contributed by atoms with Gasteiger partial charge in [-0.3, -0.25) is 10.1 Å². The molecule has 1 aliphatic rings. The van der Waals surface area contributed by atoms with Gasteiger partial charge in [0, 0.05) is 32.8 Å². The second kappa shape index (κ2) is 8.04. The summed E-state index contributed by atoms with van der Waals surface area (Å²) >= 11 is 0. The minimum Gasteiger partial charge on any atom is -0.404 e. The van der Waals surface area contributed by atoms with Gasteiger partial charge in [0.25, 0.3) is 5.69 Å². The van der Waals surface area contributed by atoms with Gasteiger partial charge in [-0.25, -0.2) is 4.79 Å². The van der Waals surface area contributed by atoms with Crippen LogP contribution < -0.4 is 4.74 Å². The van der Waals surface area contributed by atoms with E-state index in [0.717, 1.165) is 0 Å².